The molecule has 0 aliphatic rings. The van der Waals surface area contributed by atoms with Crippen molar-refractivity contribution in [1.29, 1.82) is 0 Å². The number of anilines is 1. The molecule has 0 saturated carbocycles. The number of hydrogen-bond acceptors (Lipinski definition) is 6. The van der Waals surface area contributed by atoms with Crippen molar-refractivity contribution in [2.45, 2.75) is 24.8 Å². The van der Waals surface area contributed by atoms with Gasteiger partial charge in [0, 0.05) is 18.3 Å². The Hall–Kier alpha value is -1.64. The van der Waals surface area contributed by atoms with Crippen molar-refractivity contribution in [2.75, 3.05) is 26.1 Å². The highest BCUT2D eigenvalue weighted by Gasteiger charge is 2.25. The van der Waals surface area contributed by atoms with E-state index in [2.05, 4.69) is 9.46 Å². The van der Waals surface area contributed by atoms with Gasteiger partial charge in [-0.3, -0.25) is 0 Å². The van der Waals surface area contributed by atoms with E-state index in [0.29, 0.717) is 6.61 Å². The van der Waals surface area contributed by atoms with Crippen molar-refractivity contribution in [2.24, 2.45) is 0 Å². The number of benzene rings is 1. The molecule has 0 aliphatic heterocycles. The Kier molecular flexibility index (Phi) is 6.13. The number of rotatable bonds is 7. The Labute approximate surface area is 124 Å². The van der Waals surface area contributed by atoms with Crippen LogP contribution in [0.2, 0.25) is 0 Å². The third-order valence-electron chi connectivity index (χ3n) is 2.63. The maximum Gasteiger partial charge on any atom is 0.339 e. The number of methoxy groups -OCH3 is 1. The van der Waals surface area contributed by atoms with Crippen LogP contribution in [0.3, 0.4) is 0 Å². The summed E-state index contributed by atoms with van der Waals surface area (Å²) >= 11 is 0. The van der Waals surface area contributed by atoms with Gasteiger partial charge in [-0.25, -0.2) is 17.9 Å². The van der Waals surface area contributed by atoms with Gasteiger partial charge in [0.2, 0.25) is 10.0 Å². The van der Waals surface area contributed by atoms with Crippen LogP contribution in [0, 0.1) is 0 Å². The largest absolute Gasteiger partial charge is 0.465 e. The molecule has 0 aliphatic carbocycles. The second-order valence-electron chi connectivity index (χ2n) is 4.43. The fourth-order valence-electron chi connectivity index (χ4n) is 1.70. The standard InChI is InChI=1S/C13H20N2O5S/c1-4-20-8-9(2)15-21(17,18)12-7-10(14)5-6-11(12)13(16)19-3/h5-7,9,15H,4,8,14H2,1-3H3. The average Bonchev–Trinajstić information content (AvgIpc) is 2.43. The Morgan fingerprint density at radius 2 is 2.10 bits per heavy atom. The van der Waals surface area contributed by atoms with Crippen molar-refractivity contribution in [3.05, 3.63) is 23.8 Å². The number of nitrogen functional groups attached to an aromatic ring is 1. The van der Waals surface area contributed by atoms with Crippen LogP contribution in [0.4, 0.5) is 5.69 Å². The Morgan fingerprint density at radius 1 is 1.43 bits per heavy atom. The number of ether oxygens (including phenoxy) is 2. The molecule has 1 aromatic rings. The second-order valence-corrected chi connectivity index (χ2v) is 6.11. The minimum Gasteiger partial charge on any atom is -0.465 e. The molecule has 21 heavy (non-hydrogen) atoms. The van der Waals surface area contributed by atoms with E-state index in [4.69, 9.17) is 10.5 Å². The fourth-order valence-corrected chi connectivity index (χ4v) is 3.15. The fraction of sp³-hybridized carbons (Fsp3) is 0.462. The normalized spacial score (nSPS) is 12.9. The highest BCUT2D eigenvalue weighted by Crippen LogP contribution is 2.20. The van der Waals surface area contributed by atoms with Crippen LogP contribution in [-0.4, -0.2) is 40.8 Å². The van der Waals surface area contributed by atoms with Gasteiger partial charge in [-0.1, -0.05) is 0 Å². The molecule has 0 aromatic heterocycles. The van der Waals surface area contributed by atoms with Crippen molar-refractivity contribution >= 4 is 21.7 Å². The molecular formula is C13H20N2O5S. The van der Waals surface area contributed by atoms with Gasteiger partial charge >= 0.3 is 5.97 Å². The molecule has 1 unspecified atom stereocenters. The summed E-state index contributed by atoms with van der Waals surface area (Å²) < 4.78 is 36.9. The topological polar surface area (TPSA) is 108 Å². The monoisotopic (exact) mass is 316 g/mol. The highest BCUT2D eigenvalue weighted by atomic mass is 32.2. The van der Waals surface area contributed by atoms with Gasteiger partial charge in [0.1, 0.15) is 0 Å². The Morgan fingerprint density at radius 3 is 2.67 bits per heavy atom. The highest BCUT2D eigenvalue weighted by molar-refractivity contribution is 7.89. The van der Waals surface area contributed by atoms with Gasteiger partial charge in [-0.15, -0.1) is 0 Å². The summed E-state index contributed by atoms with van der Waals surface area (Å²) in [5.74, 6) is -0.743. The molecule has 8 heteroatoms. The maximum absolute atomic E-state index is 12.4. The predicted molar refractivity (Wildman–Crippen MR) is 78.5 cm³/mol. The summed E-state index contributed by atoms with van der Waals surface area (Å²) in [5, 5.41) is 0. The van der Waals surface area contributed by atoms with E-state index in [1.807, 2.05) is 6.92 Å². The lowest BCUT2D eigenvalue weighted by Crippen LogP contribution is -2.36. The molecular weight excluding hydrogens is 296 g/mol. The molecule has 1 aromatic carbocycles. The van der Waals surface area contributed by atoms with Crippen molar-refractivity contribution < 1.29 is 22.7 Å². The Bertz CT molecular complexity index is 601. The molecule has 0 heterocycles. The van der Waals surface area contributed by atoms with E-state index in [0.717, 1.165) is 0 Å². The van der Waals surface area contributed by atoms with Gasteiger partial charge in [0.05, 0.1) is 24.2 Å². The number of nitrogens with one attached hydrogen (secondary N) is 1. The molecule has 118 valence electrons. The Balaban J connectivity index is 3.12. The molecule has 0 radical (unpaired) electrons. The van der Waals surface area contributed by atoms with Crippen LogP contribution in [0.5, 0.6) is 0 Å². The number of carbonyl (C=O) groups excluding carboxylic acids is 1. The molecule has 1 rings (SSSR count). The number of hydrogen-bond donors (Lipinski definition) is 2. The molecule has 0 bridgehead atoms. The van der Waals surface area contributed by atoms with Crippen LogP contribution >= 0.6 is 0 Å². The first-order valence-corrected chi connectivity index (χ1v) is 7.88. The number of nitrogens with two attached hydrogens (primary N) is 1. The quantitative estimate of drug-likeness (QED) is 0.568. The van der Waals surface area contributed by atoms with Gasteiger partial charge in [0.25, 0.3) is 0 Å². The summed E-state index contributed by atoms with van der Waals surface area (Å²) in [7, 11) is -2.73. The molecule has 0 spiro atoms. The van der Waals surface area contributed by atoms with E-state index in [9.17, 15) is 13.2 Å². The van der Waals surface area contributed by atoms with E-state index in [1.165, 1.54) is 25.3 Å². The first kappa shape index (κ1) is 17.4. The van der Waals surface area contributed by atoms with E-state index in [-0.39, 0.29) is 22.8 Å². The summed E-state index contributed by atoms with van der Waals surface area (Å²) in [6, 6.07) is 3.54. The second kappa shape index (κ2) is 7.39. The van der Waals surface area contributed by atoms with E-state index >= 15 is 0 Å². The summed E-state index contributed by atoms with van der Waals surface area (Å²) in [6.07, 6.45) is 0. The van der Waals surface area contributed by atoms with E-state index < -0.39 is 22.0 Å². The SMILES string of the molecule is CCOCC(C)NS(=O)(=O)c1cc(N)ccc1C(=O)OC. The summed E-state index contributed by atoms with van der Waals surface area (Å²) in [5.41, 5.74) is 5.78. The molecule has 1 atom stereocenters. The zero-order valence-electron chi connectivity index (χ0n) is 12.3. The number of esters is 1. The van der Waals surface area contributed by atoms with Crippen LogP contribution < -0.4 is 10.5 Å². The minimum atomic E-state index is -3.91. The van der Waals surface area contributed by atoms with Gasteiger partial charge < -0.3 is 15.2 Å². The lowest BCUT2D eigenvalue weighted by atomic mass is 10.2. The van der Waals surface area contributed by atoms with Gasteiger partial charge in [-0.2, -0.15) is 0 Å². The van der Waals surface area contributed by atoms with Gasteiger partial charge in [-0.05, 0) is 32.0 Å². The van der Waals surface area contributed by atoms with E-state index in [1.54, 1.807) is 6.92 Å². The molecule has 0 fully saturated rings. The molecule has 3 N–H and O–H groups in total. The number of carbonyl (C=O) groups is 1. The van der Waals surface area contributed by atoms with Crippen molar-refractivity contribution in [3.8, 4) is 0 Å². The zero-order valence-corrected chi connectivity index (χ0v) is 13.1. The molecule has 7 nitrogen and oxygen atoms in total. The number of sulfonamides is 1. The zero-order chi connectivity index (χ0) is 16.0. The van der Waals surface area contributed by atoms with Crippen molar-refractivity contribution in [1.82, 2.24) is 4.72 Å². The van der Waals surface area contributed by atoms with Crippen molar-refractivity contribution in [3.63, 3.8) is 0 Å². The summed E-state index contributed by atoms with van der Waals surface area (Å²) in [4.78, 5) is 11.5. The van der Waals surface area contributed by atoms with Crippen LogP contribution in [-0.2, 0) is 19.5 Å². The summed E-state index contributed by atoms with van der Waals surface area (Å²) in [6.45, 7) is 4.19. The first-order chi connectivity index (χ1) is 9.81. The predicted octanol–water partition coefficient (Wildman–Crippen LogP) is 0.759. The average molecular weight is 316 g/mol. The molecule has 0 amide bonds. The van der Waals surface area contributed by atoms with Crippen LogP contribution in [0.1, 0.15) is 24.2 Å². The third kappa shape index (κ3) is 4.69. The third-order valence-corrected chi connectivity index (χ3v) is 4.26. The maximum atomic E-state index is 12.4. The van der Waals surface area contributed by atoms with Crippen LogP contribution in [0.25, 0.3) is 0 Å². The van der Waals surface area contributed by atoms with Crippen LogP contribution in [0.15, 0.2) is 23.1 Å². The lowest BCUT2D eigenvalue weighted by Gasteiger charge is -2.16. The molecule has 0 saturated heterocycles. The first-order valence-electron chi connectivity index (χ1n) is 6.39. The van der Waals surface area contributed by atoms with Gasteiger partial charge in [0.15, 0.2) is 0 Å². The lowest BCUT2D eigenvalue weighted by molar-refractivity contribution is 0.0596. The smallest absolute Gasteiger partial charge is 0.339 e. The minimum absolute atomic E-state index is 0.0668.